The predicted octanol–water partition coefficient (Wildman–Crippen LogP) is 5.22. The van der Waals surface area contributed by atoms with Crippen molar-refractivity contribution in [3.63, 3.8) is 0 Å². The van der Waals surface area contributed by atoms with Crippen LogP contribution < -0.4 is 5.32 Å². The lowest BCUT2D eigenvalue weighted by Crippen LogP contribution is -2.15. The maximum Gasteiger partial charge on any atom is 0.234 e. The number of carbonyl (C=O) groups excluding carboxylic acids is 1. The van der Waals surface area contributed by atoms with Gasteiger partial charge in [0.15, 0.2) is 0 Å². The number of thioether (sulfide) groups is 1. The topological polar surface area (TPSA) is 29.1 Å². The van der Waals surface area contributed by atoms with Crippen LogP contribution in [0.1, 0.15) is 5.56 Å². The van der Waals surface area contributed by atoms with E-state index in [0.717, 1.165) is 15.8 Å². The molecule has 0 radical (unpaired) electrons. The smallest absolute Gasteiger partial charge is 0.234 e. The van der Waals surface area contributed by atoms with E-state index in [4.69, 9.17) is 0 Å². The average Bonchev–Trinajstić information content (AvgIpc) is 2.44. The SMILES string of the molecule is O=C(CSCc1ccccc1Br)Nc1ccc(Br)cc1F. The second-order valence-electron chi connectivity index (χ2n) is 4.26. The second kappa shape index (κ2) is 7.96. The van der Waals surface area contributed by atoms with Gasteiger partial charge in [-0.15, -0.1) is 11.8 Å². The van der Waals surface area contributed by atoms with Crippen LogP contribution in [0.2, 0.25) is 0 Å². The van der Waals surface area contributed by atoms with Crippen molar-refractivity contribution in [1.29, 1.82) is 0 Å². The summed E-state index contributed by atoms with van der Waals surface area (Å²) in [7, 11) is 0. The summed E-state index contributed by atoms with van der Waals surface area (Å²) in [5.74, 6) is 0.330. The molecule has 0 aliphatic heterocycles. The van der Waals surface area contributed by atoms with Crippen molar-refractivity contribution in [3.05, 3.63) is 62.8 Å². The number of carbonyl (C=O) groups is 1. The van der Waals surface area contributed by atoms with Crippen molar-refractivity contribution in [2.75, 3.05) is 11.1 Å². The Kier molecular flexibility index (Phi) is 6.26. The summed E-state index contributed by atoms with van der Waals surface area (Å²) in [6.45, 7) is 0. The molecule has 0 aromatic heterocycles. The van der Waals surface area contributed by atoms with Gasteiger partial charge in [0.05, 0.1) is 11.4 Å². The van der Waals surface area contributed by atoms with Crippen LogP contribution in [0.5, 0.6) is 0 Å². The lowest BCUT2D eigenvalue weighted by atomic mass is 10.2. The standard InChI is InChI=1S/C15H12Br2FNOS/c16-11-5-6-14(13(18)7-11)19-15(20)9-21-8-10-3-1-2-4-12(10)17/h1-7H,8-9H2,(H,19,20). The maximum atomic E-state index is 13.6. The summed E-state index contributed by atoms with van der Waals surface area (Å²) < 4.78 is 15.3. The van der Waals surface area contributed by atoms with Gasteiger partial charge in [0.2, 0.25) is 5.91 Å². The van der Waals surface area contributed by atoms with E-state index in [1.54, 1.807) is 6.07 Å². The van der Waals surface area contributed by atoms with Gasteiger partial charge in [-0.05, 0) is 29.8 Å². The third-order valence-corrected chi connectivity index (χ3v) is 4.90. The van der Waals surface area contributed by atoms with E-state index < -0.39 is 5.82 Å². The number of rotatable bonds is 5. The number of benzene rings is 2. The van der Waals surface area contributed by atoms with E-state index >= 15 is 0 Å². The lowest BCUT2D eigenvalue weighted by Gasteiger charge is -2.07. The lowest BCUT2D eigenvalue weighted by molar-refractivity contribution is -0.113. The fraction of sp³-hybridized carbons (Fsp3) is 0.133. The van der Waals surface area contributed by atoms with Gasteiger partial charge < -0.3 is 5.32 Å². The van der Waals surface area contributed by atoms with E-state index in [1.165, 1.54) is 23.9 Å². The molecule has 2 rings (SSSR count). The minimum atomic E-state index is -0.450. The molecule has 2 aromatic rings. The Morgan fingerprint density at radius 2 is 1.95 bits per heavy atom. The van der Waals surface area contributed by atoms with E-state index in [9.17, 15) is 9.18 Å². The zero-order valence-corrected chi connectivity index (χ0v) is 14.9. The molecule has 0 spiro atoms. The average molecular weight is 433 g/mol. The molecule has 0 saturated carbocycles. The third-order valence-electron chi connectivity index (χ3n) is 2.65. The summed E-state index contributed by atoms with van der Waals surface area (Å²) in [4.78, 5) is 11.8. The highest BCUT2D eigenvalue weighted by molar-refractivity contribution is 9.10. The fourth-order valence-corrected chi connectivity index (χ4v) is 3.42. The molecular weight excluding hydrogens is 421 g/mol. The number of anilines is 1. The molecule has 110 valence electrons. The first-order chi connectivity index (χ1) is 10.1. The van der Waals surface area contributed by atoms with E-state index in [-0.39, 0.29) is 17.3 Å². The first-order valence-corrected chi connectivity index (χ1v) is 8.86. The van der Waals surface area contributed by atoms with E-state index in [1.807, 2.05) is 24.3 Å². The molecule has 2 nitrogen and oxygen atoms in total. The van der Waals surface area contributed by atoms with Gasteiger partial charge in [0, 0.05) is 14.7 Å². The third kappa shape index (κ3) is 5.13. The van der Waals surface area contributed by atoms with Gasteiger partial charge in [-0.2, -0.15) is 0 Å². The minimum Gasteiger partial charge on any atom is -0.323 e. The largest absolute Gasteiger partial charge is 0.323 e. The van der Waals surface area contributed by atoms with Crippen molar-refractivity contribution < 1.29 is 9.18 Å². The Morgan fingerprint density at radius 1 is 1.19 bits per heavy atom. The van der Waals surface area contributed by atoms with Crippen molar-refractivity contribution in [2.24, 2.45) is 0 Å². The van der Waals surface area contributed by atoms with Crippen molar-refractivity contribution in [2.45, 2.75) is 5.75 Å². The Bertz CT molecular complexity index is 651. The Balaban J connectivity index is 1.84. The van der Waals surface area contributed by atoms with Gasteiger partial charge in [-0.25, -0.2) is 4.39 Å². The zero-order valence-electron chi connectivity index (χ0n) is 10.9. The molecule has 0 atom stereocenters. The molecule has 0 heterocycles. The summed E-state index contributed by atoms with van der Waals surface area (Å²) >= 11 is 8.12. The van der Waals surface area contributed by atoms with Gasteiger partial charge >= 0.3 is 0 Å². The summed E-state index contributed by atoms with van der Waals surface area (Å²) in [6, 6.07) is 12.4. The second-order valence-corrected chi connectivity index (χ2v) is 7.01. The number of halogens is 3. The Hall–Kier alpha value is -0.850. The molecule has 0 aliphatic carbocycles. The fourth-order valence-electron chi connectivity index (χ4n) is 1.65. The quantitative estimate of drug-likeness (QED) is 0.701. The number of nitrogens with one attached hydrogen (secondary N) is 1. The molecule has 0 saturated heterocycles. The molecule has 0 unspecified atom stereocenters. The Morgan fingerprint density at radius 3 is 2.67 bits per heavy atom. The molecule has 0 aliphatic rings. The van der Waals surface area contributed by atoms with E-state index in [2.05, 4.69) is 37.2 Å². The van der Waals surface area contributed by atoms with Gasteiger partial charge in [-0.1, -0.05) is 50.1 Å². The molecule has 0 fully saturated rings. The monoisotopic (exact) mass is 431 g/mol. The summed E-state index contributed by atoms with van der Waals surface area (Å²) in [5, 5.41) is 2.57. The van der Waals surface area contributed by atoms with E-state index in [0.29, 0.717) is 4.47 Å². The Labute approximate surface area is 143 Å². The van der Waals surface area contributed by atoms with Crippen molar-refractivity contribution in [3.8, 4) is 0 Å². The number of hydrogen-bond donors (Lipinski definition) is 1. The van der Waals surface area contributed by atoms with Crippen LogP contribution in [0.4, 0.5) is 10.1 Å². The molecule has 21 heavy (non-hydrogen) atoms. The van der Waals surface area contributed by atoms with Crippen LogP contribution in [-0.2, 0) is 10.5 Å². The van der Waals surface area contributed by atoms with Gasteiger partial charge in [-0.3, -0.25) is 4.79 Å². The highest BCUT2D eigenvalue weighted by Crippen LogP contribution is 2.22. The molecule has 0 bridgehead atoms. The van der Waals surface area contributed by atoms with Crippen molar-refractivity contribution in [1.82, 2.24) is 0 Å². The minimum absolute atomic E-state index is 0.199. The van der Waals surface area contributed by atoms with Crippen LogP contribution in [0.3, 0.4) is 0 Å². The van der Waals surface area contributed by atoms with Crippen molar-refractivity contribution >= 4 is 55.2 Å². The van der Waals surface area contributed by atoms with Crippen LogP contribution in [0.25, 0.3) is 0 Å². The highest BCUT2D eigenvalue weighted by atomic mass is 79.9. The van der Waals surface area contributed by atoms with Crippen LogP contribution in [-0.4, -0.2) is 11.7 Å². The molecule has 2 aromatic carbocycles. The summed E-state index contributed by atoms with van der Waals surface area (Å²) in [5.41, 5.74) is 1.33. The maximum absolute atomic E-state index is 13.6. The molecule has 1 N–H and O–H groups in total. The normalized spacial score (nSPS) is 10.4. The van der Waals surface area contributed by atoms with Crippen LogP contribution in [0, 0.1) is 5.82 Å². The molecule has 1 amide bonds. The zero-order chi connectivity index (χ0) is 15.2. The first-order valence-electron chi connectivity index (χ1n) is 6.12. The molecular formula is C15H12Br2FNOS. The number of amides is 1. The first kappa shape index (κ1) is 16.5. The van der Waals surface area contributed by atoms with Crippen LogP contribution >= 0.6 is 43.6 Å². The molecule has 6 heteroatoms. The summed E-state index contributed by atoms with van der Waals surface area (Å²) in [6.07, 6.45) is 0. The van der Waals surface area contributed by atoms with Gasteiger partial charge in [0.25, 0.3) is 0 Å². The van der Waals surface area contributed by atoms with Crippen LogP contribution in [0.15, 0.2) is 51.4 Å². The van der Waals surface area contributed by atoms with Gasteiger partial charge in [0.1, 0.15) is 5.82 Å². The number of hydrogen-bond acceptors (Lipinski definition) is 2. The highest BCUT2D eigenvalue weighted by Gasteiger charge is 2.08. The predicted molar refractivity (Wildman–Crippen MR) is 93.0 cm³/mol.